The molecule has 0 atom stereocenters. The van der Waals surface area contributed by atoms with E-state index in [-0.39, 0.29) is 18.3 Å². The van der Waals surface area contributed by atoms with E-state index in [1.54, 1.807) is 55.5 Å². The summed E-state index contributed by atoms with van der Waals surface area (Å²) < 4.78 is 10.5. The van der Waals surface area contributed by atoms with E-state index in [1.165, 1.54) is 6.92 Å². The molecule has 0 radical (unpaired) electrons. The van der Waals surface area contributed by atoms with Gasteiger partial charge in [0.15, 0.2) is 12.4 Å². The average Bonchev–Trinajstić information content (AvgIpc) is 2.60. The van der Waals surface area contributed by atoms with Crippen molar-refractivity contribution in [3.8, 4) is 11.5 Å². The molecule has 2 rings (SSSR count). The van der Waals surface area contributed by atoms with E-state index in [0.29, 0.717) is 29.2 Å². The van der Waals surface area contributed by atoms with Crippen LogP contribution < -0.4 is 14.8 Å². The number of nitrogens with one attached hydrogen (secondary N) is 1. The third kappa shape index (κ3) is 5.76. The van der Waals surface area contributed by atoms with Gasteiger partial charge < -0.3 is 14.8 Å². The molecule has 0 fully saturated rings. The van der Waals surface area contributed by atoms with Crippen molar-refractivity contribution in [2.24, 2.45) is 0 Å². The van der Waals surface area contributed by atoms with E-state index in [9.17, 15) is 14.4 Å². The number of rotatable bonds is 7. The predicted molar refractivity (Wildman–Crippen MR) is 92.9 cm³/mol. The second-order valence-electron chi connectivity index (χ2n) is 5.27. The Morgan fingerprint density at radius 1 is 1.00 bits per heavy atom. The molecule has 0 spiro atoms. The number of ether oxygens (including phenoxy) is 2. The van der Waals surface area contributed by atoms with Crippen molar-refractivity contribution >= 4 is 23.3 Å². The summed E-state index contributed by atoms with van der Waals surface area (Å²) in [5.41, 5.74) is 1.14. The molecule has 0 aliphatic carbocycles. The van der Waals surface area contributed by atoms with Crippen molar-refractivity contribution in [2.75, 3.05) is 11.9 Å². The number of esters is 1. The van der Waals surface area contributed by atoms with Crippen LogP contribution in [-0.2, 0) is 9.59 Å². The summed E-state index contributed by atoms with van der Waals surface area (Å²) in [6.45, 7) is 2.94. The first-order chi connectivity index (χ1) is 12.0. The predicted octanol–water partition coefficient (Wildman–Crippen LogP) is 3.22. The fourth-order valence-corrected chi connectivity index (χ4v) is 1.97. The normalized spacial score (nSPS) is 10.0. The first-order valence-corrected chi connectivity index (χ1v) is 7.82. The topological polar surface area (TPSA) is 81.7 Å². The lowest BCUT2D eigenvalue weighted by Crippen LogP contribution is -2.17. The van der Waals surface area contributed by atoms with Crippen molar-refractivity contribution in [2.45, 2.75) is 20.3 Å². The molecule has 0 saturated carbocycles. The van der Waals surface area contributed by atoms with Crippen LogP contribution in [0, 0.1) is 0 Å². The van der Waals surface area contributed by atoms with Crippen LogP contribution in [0.4, 0.5) is 5.69 Å². The van der Waals surface area contributed by atoms with Gasteiger partial charge in [0.1, 0.15) is 11.5 Å². The average molecular weight is 341 g/mol. The Labute approximate surface area is 145 Å². The van der Waals surface area contributed by atoms with Crippen molar-refractivity contribution in [3.05, 3.63) is 54.1 Å². The Hall–Kier alpha value is -3.15. The van der Waals surface area contributed by atoms with Gasteiger partial charge in [-0.05, 0) is 43.3 Å². The molecule has 2 aromatic rings. The summed E-state index contributed by atoms with van der Waals surface area (Å²) in [6.07, 6.45) is 0.375. The highest BCUT2D eigenvalue weighted by Crippen LogP contribution is 2.18. The number of benzene rings is 2. The van der Waals surface area contributed by atoms with Crippen LogP contribution in [0.5, 0.6) is 11.5 Å². The van der Waals surface area contributed by atoms with E-state index in [2.05, 4.69) is 5.32 Å². The summed E-state index contributed by atoms with van der Waals surface area (Å²) in [7, 11) is 0. The Bertz CT molecular complexity index is 768. The molecule has 1 amide bonds. The van der Waals surface area contributed by atoms with Gasteiger partial charge in [-0.15, -0.1) is 0 Å². The van der Waals surface area contributed by atoms with E-state index in [1.807, 2.05) is 0 Å². The molecule has 0 aliphatic rings. The Morgan fingerprint density at radius 3 is 2.36 bits per heavy atom. The standard InChI is InChI=1S/C19H19NO5/c1-3-18(22)20-15-5-4-6-17(11-15)24-12-19(23)25-16-9-7-14(8-10-16)13(2)21/h4-11H,3,12H2,1-2H3,(H,20,22). The molecule has 1 N–H and O–H groups in total. The molecule has 0 unspecified atom stereocenters. The first kappa shape index (κ1) is 18.2. The highest BCUT2D eigenvalue weighted by atomic mass is 16.6. The summed E-state index contributed by atoms with van der Waals surface area (Å²) >= 11 is 0. The smallest absolute Gasteiger partial charge is 0.349 e. The molecular formula is C19H19NO5. The Morgan fingerprint density at radius 2 is 1.72 bits per heavy atom. The second-order valence-corrected chi connectivity index (χ2v) is 5.27. The summed E-state index contributed by atoms with van der Waals surface area (Å²) in [5.74, 6) is 0.0423. The van der Waals surface area contributed by atoms with Crippen molar-refractivity contribution < 1.29 is 23.9 Å². The number of carbonyl (C=O) groups excluding carboxylic acids is 3. The van der Waals surface area contributed by atoms with Gasteiger partial charge in [0.05, 0.1) is 0 Å². The highest BCUT2D eigenvalue weighted by Gasteiger charge is 2.08. The van der Waals surface area contributed by atoms with E-state index in [0.717, 1.165) is 0 Å². The van der Waals surface area contributed by atoms with Crippen LogP contribution in [0.25, 0.3) is 0 Å². The molecule has 0 bridgehead atoms. The van der Waals surface area contributed by atoms with Gasteiger partial charge in [-0.2, -0.15) is 0 Å². The molecule has 0 aromatic heterocycles. The van der Waals surface area contributed by atoms with E-state index >= 15 is 0 Å². The van der Waals surface area contributed by atoms with Gasteiger partial charge in [-0.3, -0.25) is 9.59 Å². The van der Waals surface area contributed by atoms with Crippen LogP contribution in [0.15, 0.2) is 48.5 Å². The number of Topliss-reactive ketones (excluding diaryl/α,β-unsaturated/α-hetero) is 1. The molecule has 0 aliphatic heterocycles. The Balaban J connectivity index is 1.88. The maximum absolute atomic E-state index is 11.8. The minimum atomic E-state index is -0.571. The lowest BCUT2D eigenvalue weighted by molar-refractivity contribution is -0.136. The third-order valence-electron chi connectivity index (χ3n) is 3.29. The first-order valence-electron chi connectivity index (χ1n) is 7.82. The molecule has 2 aromatic carbocycles. The van der Waals surface area contributed by atoms with Crippen LogP contribution in [-0.4, -0.2) is 24.3 Å². The van der Waals surface area contributed by atoms with Crippen molar-refractivity contribution in [3.63, 3.8) is 0 Å². The minimum Gasteiger partial charge on any atom is -0.482 e. The quantitative estimate of drug-likeness (QED) is 0.475. The van der Waals surface area contributed by atoms with Crippen LogP contribution in [0.1, 0.15) is 30.6 Å². The number of ketones is 1. The second kappa shape index (κ2) is 8.63. The van der Waals surface area contributed by atoms with Crippen molar-refractivity contribution in [1.82, 2.24) is 0 Å². The fraction of sp³-hybridized carbons (Fsp3) is 0.211. The van der Waals surface area contributed by atoms with Crippen LogP contribution >= 0.6 is 0 Å². The number of amides is 1. The zero-order chi connectivity index (χ0) is 18.2. The number of hydrogen-bond acceptors (Lipinski definition) is 5. The van der Waals surface area contributed by atoms with Gasteiger partial charge in [0.25, 0.3) is 0 Å². The number of carbonyl (C=O) groups is 3. The highest BCUT2D eigenvalue weighted by molar-refractivity contribution is 5.94. The molecule has 0 heterocycles. The molecule has 0 saturated heterocycles. The third-order valence-corrected chi connectivity index (χ3v) is 3.29. The van der Waals surface area contributed by atoms with Crippen molar-refractivity contribution in [1.29, 1.82) is 0 Å². The van der Waals surface area contributed by atoms with Gasteiger partial charge in [-0.1, -0.05) is 13.0 Å². The maximum Gasteiger partial charge on any atom is 0.349 e. The molecule has 6 nitrogen and oxygen atoms in total. The van der Waals surface area contributed by atoms with Crippen LogP contribution in [0.3, 0.4) is 0 Å². The van der Waals surface area contributed by atoms with Gasteiger partial charge in [0, 0.05) is 23.7 Å². The monoisotopic (exact) mass is 341 g/mol. The van der Waals surface area contributed by atoms with Gasteiger partial charge in [-0.25, -0.2) is 4.79 Å². The van der Waals surface area contributed by atoms with Gasteiger partial charge >= 0.3 is 5.97 Å². The van der Waals surface area contributed by atoms with E-state index in [4.69, 9.17) is 9.47 Å². The largest absolute Gasteiger partial charge is 0.482 e. The lowest BCUT2D eigenvalue weighted by Gasteiger charge is -2.09. The molecule has 130 valence electrons. The zero-order valence-electron chi connectivity index (χ0n) is 14.1. The van der Waals surface area contributed by atoms with Gasteiger partial charge in [0.2, 0.25) is 5.91 Å². The maximum atomic E-state index is 11.8. The number of anilines is 1. The van der Waals surface area contributed by atoms with E-state index < -0.39 is 5.97 Å². The SMILES string of the molecule is CCC(=O)Nc1cccc(OCC(=O)Oc2ccc(C(C)=O)cc2)c1. The summed E-state index contributed by atoms with van der Waals surface area (Å²) in [4.78, 5) is 34.4. The molecule has 6 heteroatoms. The molecular weight excluding hydrogens is 322 g/mol. The minimum absolute atomic E-state index is 0.0590. The number of hydrogen-bond donors (Lipinski definition) is 1. The lowest BCUT2D eigenvalue weighted by atomic mass is 10.1. The molecule has 25 heavy (non-hydrogen) atoms. The summed E-state index contributed by atoms with van der Waals surface area (Å²) in [6, 6.07) is 13.0. The fourth-order valence-electron chi connectivity index (χ4n) is 1.97. The zero-order valence-corrected chi connectivity index (χ0v) is 14.1. The Kier molecular flexibility index (Phi) is 6.28. The van der Waals surface area contributed by atoms with Crippen LogP contribution in [0.2, 0.25) is 0 Å². The summed E-state index contributed by atoms with van der Waals surface area (Å²) in [5, 5.41) is 2.71.